The summed E-state index contributed by atoms with van der Waals surface area (Å²) in [4.78, 5) is 14.4. The summed E-state index contributed by atoms with van der Waals surface area (Å²) in [5, 5.41) is 9.09. The molecule has 70 valence electrons. The Morgan fingerprint density at radius 1 is 1.77 bits per heavy atom. The summed E-state index contributed by atoms with van der Waals surface area (Å²) in [5.74, 6) is -0.440. The van der Waals surface area contributed by atoms with Crippen LogP contribution in [-0.4, -0.2) is 22.7 Å². The average Bonchev–Trinajstić information content (AvgIpc) is 2.82. The third-order valence-corrected chi connectivity index (χ3v) is 2.60. The van der Waals surface area contributed by atoms with Gasteiger partial charge in [0, 0.05) is 5.92 Å². The minimum absolute atomic E-state index is 0.276. The molecule has 0 saturated heterocycles. The molecule has 1 aliphatic carbocycles. The molecule has 1 aliphatic rings. The van der Waals surface area contributed by atoms with E-state index in [1.807, 2.05) is 0 Å². The molecular formula is C8H9NO3S. The van der Waals surface area contributed by atoms with E-state index in [0.29, 0.717) is 11.0 Å². The highest BCUT2D eigenvalue weighted by Crippen LogP contribution is 2.44. The largest absolute Gasteiger partial charge is 0.479 e. The maximum absolute atomic E-state index is 10.3. The van der Waals surface area contributed by atoms with Crippen molar-refractivity contribution in [3.63, 3.8) is 0 Å². The number of nitrogens with zero attached hydrogens (tertiary/aromatic N) is 1. The number of ether oxygens (including phenoxy) is 1. The van der Waals surface area contributed by atoms with Crippen LogP contribution in [0, 0.1) is 0 Å². The summed E-state index contributed by atoms with van der Waals surface area (Å²) >= 11 is 1.36. The van der Waals surface area contributed by atoms with Crippen LogP contribution in [0.5, 0.6) is 5.06 Å². The van der Waals surface area contributed by atoms with Crippen LogP contribution in [-0.2, 0) is 4.79 Å². The van der Waals surface area contributed by atoms with Gasteiger partial charge < -0.3 is 9.84 Å². The zero-order valence-corrected chi connectivity index (χ0v) is 7.71. The Labute approximate surface area is 79.2 Å². The summed E-state index contributed by atoms with van der Waals surface area (Å²) in [6, 6.07) is 0. The minimum atomic E-state index is -0.949. The third-order valence-electron chi connectivity index (χ3n) is 1.85. The van der Waals surface area contributed by atoms with Crippen LogP contribution in [0.25, 0.3) is 0 Å². The third kappa shape index (κ3) is 1.98. The lowest BCUT2D eigenvalue weighted by atomic mass is 10.3. The van der Waals surface area contributed by atoms with E-state index in [9.17, 15) is 4.79 Å². The predicted octanol–water partition coefficient (Wildman–Crippen LogP) is 1.48. The molecule has 4 nitrogen and oxygen atoms in total. The fraction of sp³-hybridized carbons (Fsp3) is 0.500. The summed E-state index contributed by atoms with van der Waals surface area (Å²) in [7, 11) is 0. The Kier molecular flexibility index (Phi) is 2.18. The molecule has 0 aromatic carbocycles. The van der Waals surface area contributed by atoms with Crippen LogP contribution in [0.15, 0.2) is 5.51 Å². The van der Waals surface area contributed by atoms with E-state index in [1.165, 1.54) is 11.3 Å². The van der Waals surface area contributed by atoms with Gasteiger partial charge in [0.05, 0.1) is 11.2 Å². The molecule has 0 spiro atoms. The van der Waals surface area contributed by atoms with E-state index < -0.39 is 5.97 Å². The fourth-order valence-corrected chi connectivity index (χ4v) is 1.84. The van der Waals surface area contributed by atoms with E-state index in [1.54, 1.807) is 5.51 Å². The first-order valence-electron chi connectivity index (χ1n) is 4.05. The van der Waals surface area contributed by atoms with Gasteiger partial charge in [0.25, 0.3) is 0 Å². The highest BCUT2D eigenvalue weighted by atomic mass is 32.1. The topological polar surface area (TPSA) is 59.4 Å². The highest BCUT2D eigenvalue weighted by Gasteiger charge is 2.29. The first-order valence-corrected chi connectivity index (χ1v) is 4.93. The van der Waals surface area contributed by atoms with E-state index in [2.05, 4.69) is 4.98 Å². The second-order valence-electron chi connectivity index (χ2n) is 2.98. The van der Waals surface area contributed by atoms with Gasteiger partial charge in [0.15, 0.2) is 11.7 Å². The second-order valence-corrected chi connectivity index (χ2v) is 3.80. The molecule has 0 radical (unpaired) electrons. The van der Waals surface area contributed by atoms with E-state index >= 15 is 0 Å². The smallest absolute Gasteiger partial charge is 0.341 e. The van der Waals surface area contributed by atoms with Gasteiger partial charge in [-0.1, -0.05) is 11.3 Å². The zero-order chi connectivity index (χ0) is 9.26. The molecule has 0 atom stereocenters. The van der Waals surface area contributed by atoms with Crippen molar-refractivity contribution in [2.75, 3.05) is 6.61 Å². The van der Waals surface area contributed by atoms with Crippen molar-refractivity contribution in [1.82, 2.24) is 4.98 Å². The molecule has 2 rings (SSSR count). The first-order chi connectivity index (χ1) is 6.27. The molecule has 13 heavy (non-hydrogen) atoms. The maximum atomic E-state index is 10.3. The van der Waals surface area contributed by atoms with Gasteiger partial charge in [-0.05, 0) is 12.8 Å². The van der Waals surface area contributed by atoms with Crippen LogP contribution in [0.1, 0.15) is 24.5 Å². The normalized spacial score (nSPS) is 15.7. The average molecular weight is 199 g/mol. The number of aliphatic carboxylic acids is 1. The fourth-order valence-electron chi connectivity index (χ4n) is 1.11. The summed E-state index contributed by atoms with van der Waals surface area (Å²) in [6.45, 7) is -0.276. The molecule has 1 heterocycles. The minimum Gasteiger partial charge on any atom is -0.479 e. The molecule has 0 unspecified atom stereocenters. The Bertz CT molecular complexity index is 319. The summed E-state index contributed by atoms with van der Waals surface area (Å²) < 4.78 is 5.10. The SMILES string of the molecule is O=C(O)COc1scnc1C1CC1. The van der Waals surface area contributed by atoms with E-state index in [4.69, 9.17) is 9.84 Å². The molecule has 1 aromatic rings. The van der Waals surface area contributed by atoms with Crippen molar-refractivity contribution in [3.8, 4) is 5.06 Å². The number of aromatic nitrogens is 1. The Morgan fingerprint density at radius 2 is 2.54 bits per heavy atom. The molecule has 1 saturated carbocycles. The van der Waals surface area contributed by atoms with Crippen LogP contribution in [0.4, 0.5) is 0 Å². The lowest BCUT2D eigenvalue weighted by molar-refractivity contribution is -0.139. The first kappa shape index (κ1) is 8.50. The molecule has 0 bridgehead atoms. The predicted molar refractivity (Wildman–Crippen MR) is 47.2 cm³/mol. The summed E-state index contributed by atoms with van der Waals surface area (Å²) in [6.07, 6.45) is 2.29. The van der Waals surface area contributed by atoms with Gasteiger partial charge in [0.1, 0.15) is 0 Å². The van der Waals surface area contributed by atoms with Crippen molar-refractivity contribution < 1.29 is 14.6 Å². The molecule has 1 N–H and O–H groups in total. The number of hydrogen-bond acceptors (Lipinski definition) is 4. The monoisotopic (exact) mass is 199 g/mol. The molecule has 0 aliphatic heterocycles. The Balaban J connectivity index is 2.02. The van der Waals surface area contributed by atoms with Gasteiger partial charge >= 0.3 is 5.97 Å². The van der Waals surface area contributed by atoms with Crippen molar-refractivity contribution in [2.45, 2.75) is 18.8 Å². The number of thiazole rings is 1. The lowest BCUT2D eigenvalue weighted by Crippen LogP contribution is -2.09. The number of carbonyl (C=O) groups is 1. The Hall–Kier alpha value is -1.10. The van der Waals surface area contributed by atoms with Crippen molar-refractivity contribution in [1.29, 1.82) is 0 Å². The van der Waals surface area contributed by atoms with E-state index in [0.717, 1.165) is 18.5 Å². The standard InChI is InChI=1S/C8H9NO3S/c10-6(11)3-12-8-7(5-1-2-5)9-4-13-8/h4-5H,1-3H2,(H,10,11). The quantitative estimate of drug-likeness (QED) is 0.798. The maximum Gasteiger partial charge on any atom is 0.341 e. The molecule has 1 fully saturated rings. The van der Waals surface area contributed by atoms with Gasteiger partial charge in [-0.2, -0.15) is 0 Å². The van der Waals surface area contributed by atoms with Crippen molar-refractivity contribution in [3.05, 3.63) is 11.2 Å². The molecule has 0 amide bonds. The van der Waals surface area contributed by atoms with Gasteiger partial charge in [0.2, 0.25) is 0 Å². The number of carboxylic acid groups (broad SMARTS) is 1. The molecule has 1 aromatic heterocycles. The lowest BCUT2D eigenvalue weighted by Gasteiger charge is -2.00. The van der Waals surface area contributed by atoms with Crippen LogP contribution in [0.2, 0.25) is 0 Å². The summed E-state index contributed by atoms with van der Waals surface area (Å²) in [5.41, 5.74) is 2.64. The zero-order valence-electron chi connectivity index (χ0n) is 6.90. The van der Waals surface area contributed by atoms with Gasteiger partial charge in [-0.3, -0.25) is 0 Å². The van der Waals surface area contributed by atoms with Crippen molar-refractivity contribution >= 4 is 17.3 Å². The number of carboxylic acids is 1. The number of hydrogen-bond donors (Lipinski definition) is 1. The number of rotatable bonds is 4. The van der Waals surface area contributed by atoms with Gasteiger partial charge in [-0.25, -0.2) is 9.78 Å². The molecular weight excluding hydrogens is 190 g/mol. The van der Waals surface area contributed by atoms with Crippen LogP contribution >= 0.6 is 11.3 Å². The van der Waals surface area contributed by atoms with Crippen LogP contribution in [0.3, 0.4) is 0 Å². The highest BCUT2D eigenvalue weighted by molar-refractivity contribution is 7.11. The second kappa shape index (κ2) is 3.33. The van der Waals surface area contributed by atoms with E-state index in [-0.39, 0.29) is 6.61 Å². The molecule has 5 heteroatoms. The van der Waals surface area contributed by atoms with Crippen LogP contribution < -0.4 is 4.74 Å². The Morgan fingerprint density at radius 3 is 3.15 bits per heavy atom. The van der Waals surface area contributed by atoms with Gasteiger partial charge in [-0.15, -0.1) is 0 Å². The van der Waals surface area contributed by atoms with Crippen molar-refractivity contribution in [2.24, 2.45) is 0 Å².